The van der Waals surface area contributed by atoms with Crippen molar-refractivity contribution in [2.24, 2.45) is 0 Å². The van der Waals surface area contributed by atoms with Crippen LogP contribution in [0.1, 0.15) is 55.8 Å². The normalized spacial score (nSPS) is 16.5. The zero-order valence-electron chi connectivity index (χ0n) is 19.8. The number of halogens is 3. The Morgan fingerprint density at radius 1 is 1.18 bits per heavy atom. The predicted molar refractivity (Wildman–Crippen MR) is 128 cm³/mol. The third kappa shape index (κ3) is 5.43. The fourth-order valence-corrected chi connectivity index (χ4v) is 4.71. The Morgan fingerprint density at radius 2 is 1.94 bits per heavy atom. The minimum atomic E-state index is -4.39. The summed E-state index contributed by atoms with van der Waals surface area (Å²) in [6, 6.07) is 9.69. The number of fused-ring (bicyclic) bond motifs is 1. The maximum absolute atomic E-state index is 13.4. The van der Waals surface area contributed by atoms with Gasteiger partial charge in [0.1, 0.15) is 11.9 Å². The number of nitrogens with one attached hydrogen (secondary N) is 1. The van der Waals surface area contributed by atoms with Crippen LogP contribution in [0.15, 0.2) is 42.6 Å². The molecule has 1 fully saturated rings. The van der Waals surface area contributed by atoms with Crippen LogP contribution in [0.2, 0.25) is 0 Å². The number of rotatable bonds is 7. The Bertz CT molecular complexity index is 1130. The van der Waals surface area contributed by atoms with Crippen molar-refractivity contribution in [2.75, 3.05) is 25.0 Å². The monoisotopic (exact) mass is 472 g/mol. The van der Waals surface area contributed by atoms with Crippen molar-refractivity contribution >= 4 is 16.6 Å². The number of nitrogens with zero attached hydrogens (tertiary/aromatic N) is 3. The molecule has 0 radical (unpaired) electrons. The third-order valence-electron chi connectivity index (χ3n) is 6.51. The summed E-state index contributed by atoms with van der Waals surface area (Å²) in [5, 5.41) is 13.3. The van der Waals surface area contributed by atoms with E-state index in [1.54, 1.807) is 12.3 Å². The van der Waals surface area contributed by atoms with E-state index in [4.69, 9.17) is 4.74 Å². The zero-order chi connectivity index (χ0) is 24.3. The minimum absolute atomic E-state index is 0.170. The van der Waals surface area contributed by atoms with Crippen LogP contribution in [0.5, 0.6) is 5.75 Å². The highest BCUT2D eigenvalue weighted by atomic mass is 19.4. The molecule has 0 amide bonds. The quantitative estimate of drug-likeness (QED) is 0.432. The number of hydrogen-bond acceptors (Lipinski definition) is 5. The molecule has 1 N–H and O–H groups in total. The lowest BCUT2D eigenvalue weighted by molar-refractivity contribution is -0.138. The largest absolute Gasteiger partial charge is 0.490 e. The van der Waals surface area contributed by atoms with Gasteiger partial charge in [0.15, 0.2) is 5.82 Å². The van der Waals surface area contributed by atoms with Gasteiger partial charge < -0.3 is 15.0 Å². The molecule has 0 saturated carbocycles. The lowest BCUT2D eigenvalue weighted by atomic mass is 9.97. The number of alkyl halides is 3. The molecule has 8 heteroatoms. The number of anilines is 1. The first-order valence-corrected chi connectivity index (χ1v) is 11.8. The van der Waals surface area contributed by atoms with Gasteiger partial charge in [-0.15, -0.1) is 5.10 Å². The van der Waals surface area contributed by atoms with Crippen LogP contribution in [-0.4, -0.2) is 40.8 Å². The number of likely N-dealkylation sites (tertiary alicyclic amines) is 1. The molecule has 2 heterocycles. The number of piperidine rings is 1. The van der Waals surface area contributed by atoms with Crippen molar-refractivity contribution in [3.05, 3.63) is 59.3 Å². The van der Waals surface area contributed by atoms with Gasteiger partial charge in [0.25, 0.3) is 0 Å². The molecular formula is C26H31F3N4O. The second-order valence-electron chi connectivity index (χ2n) is 8.98. The second kappa shape index (κ2) is 10.2. The van der Waals surface area contributed by atoms with Crippen molar-refractivity contribution in [1.82, 2.24) is 15.1 Å². The van der Waals surface area contributed by atoms with Crippen molar-refractivity contribution < 1.29 is 17.9 Å². The van der Waals surface area contributed by atoms with Gasteiger partial charge in [-0.05, 0) is 75.0 Å². The molecule has 0 bridgehead atoms. The molecular weight excluding hydrogens is 441 g/mol. The zero-order valence-corrected chi connectivity index (χ0v) is 19.8. The topological polar surface area (TPSA) is 50.3 Å². The molecule has 1 atom stereocenters. The Labute approximate surface area is 198 Å². The Kier molecular flexibility index (Phi) is 7.26. The molecule has 1 aliphatic heterocycles. The van der Waals surface area contributed by atoms with Gasteiger partial charge in [-0.25, -0.2) is 0 Å². The summed E-state index contributed by atoms with van der Waals surface area (Å²) >= 11 is 0. The average molecular weight is 473 g/mol. The van der Waals surface area contributed by atoms with Gasteiger partial charge in [-0.2, -0.15) is 18.3 Å². The summed E-state index contributed by atoms with van der Waals surface area (Å²) in [7, 11) is 0. The molecule has 1 aliphatic rings. The van der Waals surface area contributed by atoms with Crippen molar-refractivity contribution in [3.63, 3.8) is 0 Å². The van der Waals surface area contributed by atoms with Gasteiger partial charge in [0.2, 0.25) is 0 Å². The fraction of sp³-hybridized carbons (Fsp3) is 0.462. The Hall–Kier alpha value is -2.87. The van der Waals surface area contributed by atoms with Crippen LogP contribution >= 0.6 is 0 Å². The van der Waals surface area contributed by atoms with E-state index in [2.05, 4.69) is 27.3 Å². The molecule has 4 rings (SSSR count). The van der Waals surface area contributed by atoms with E-state index < -0.39 is 17.8 Å². The molecule has 1 aromatic heterocycles. The van der Waals surface area contributed by atoms with Crippen LogP contribution in [-0.2, 0) is 6.18 Å². The van der Waals surface area contributed by atoms with E-state index in [-0.39, 0.29) is 11.7 Å². The molecule has 0 aliphatic carbocycles. The summed E-state index contributed by atoms with van der Waals surface area (Å²) < 4.78 is 46.4. The lowest BCUT2D eigenvalue weighted by Gasteiger charge is -2.31. The van der Waals surface area contributed by atoms with Crippen LogP contribution in [0.25, 0.3) is 10.8 Å². The highest BCUT2D eigenvalue weighted by Crippen LogP contribution is 2.36. The van der Waals surface area contributed by atoms with E-state index in [0.29, 0.717) is 11.4 Å². The summed E-state index contributed by atoms with van der Waals surface area (Å²) in [4.78, 5) is 2.47. The van der Waals surface area contributed by atoms with E-state index in [0.717, 1.165) is 61.5 Å². The molecule has 1 saturated heterocycles. The standard InChI is InChI=1S/C26H31F3N4O/c1-4-12-33-13-10-20(11-14-33)34-21-9-8-19-16-30-32-25(23(19)15-21)31-18(3)22-6-5-7-24(17(22)2)26(27,28)29/h5-9,15-16,18,20H,4,10-14H2,1-3H3,(H,31,32)/t18-/m1/s1. The molecule has 3 aromatic rings. The summed E-state index contributed by atoms with van der Waals surface area (Å²) in [5.41, 5.74) is 0.157. The van der Waals surface area contributed by atoms with Gasteiger partial charge in [-0.1, -0.05) is 19.1 Å². The molecule has 0 unspecified atom stereocenters. The summed E-state index contributed by atoms with van der Waals surface area (Å²) in [5.74, 6) is 1.28. The number of ether oxygens (including phenoxy) is 1. The first-order valence-electron chi connectivity index (χ1n) is 11.8. The maximum atomic E-state index is 13.4. The van der Waals surface area contributed by atoms with Gasteiger partial charge in [0, 0.05) is 23.9 Å². The minimum Gasteiger partial charge on any atom is -0.490 e. The predicted octanol–water partition coefficient (Wildman–Crippen LogP) is 6.38. The van der Waals surface area contributed by atoms with Crippen LogP contribution < -0.4 is 10.1 Å². The van der Waals surface area contributed by atoms with E-state index in [1.807, 2.05) is 25.1 Å². The smallest absolute Gasteiger partial charge is 0.416 e. The first-order chi connectivity index (χ1) is 16.3. The van der Waals surface area contributed by atoms with Gasteiger partial charge >= 0.3 is 6.18 Å². The fourth-order valence-electron chi connectivity index (χ4n) is 4.71. The molecule has 34 heavy (non-hydrogen) atoms. The number of aromatic nitrogens is 2. The molecule has 0 spiro atoms. The second-order valence-corrected chi connectivity index (χ2v) is 8.98. The summed E-state index contributed by atoms with van der Waals surface area (Å²) in [6.45, 7) is 8.73. The third-order valence-corrected chi connectivity index (χ3v) is 6.51. The van der Waals surface area contributed by atoms with Crippen molar-refractivity contribution in [1.29, 1.82) is 0 Å². The molecule has 182 valence electrons. The first kappa shape index (κ1) is 24.3. The molecule has 5 nitrogen and oxygen atoms in total. The van der Waals surface area contributed by atoms with E-state index >= 15 is 0 Å². The Balaban J connectivity index is 1.53. The van der Waals surface area contributed by atoms with Crippen LogP contribution in [0.3, 0.4) is 0 Å². The maximum Gasteiger partial charge on any atom is 0.416 e. The van der Waals surface area contributed by atoms with E-state index in [9.17, 15) is 13.2 Å². The number of hydrogen-bond donors (Lipinski definition) is 1. The van der Waals surface area contributed by atoms with Gasteiger partial charge in [0.05, 0.1) is 17.8 Å². The van der Waals surface area contributed by atoms with E-state index in [1.165, 1.54) is 13.0 Å². The van der Waals surface area contributed by atoms with Crippen molar-refractivity contribution in [3.8, 4) is 5.75 Å². The van der Waals surface area contributed by atoms with Crippen LogP contribution in [0, 0.1) is 6.92 Å². The number of benzene rings is 2. The highest BCUT2D eigenvalue weighted by molar-refractivity contribution is 5.92. The van der Waals surface area contributed by atoms with Gasteiger partial charge in [-0.3, -0.25) is 0 Å². The lowest BCUT2D eigenvalue weighted by Crippen LogP contribution is -2.38. The average Bonchev–Trinajstić information content (AvgIpc) is 2.80. The highest BCUT2D eigenvalue weighted by Gasteiger charge is 2.33. The Morgan fingerprint density at radius 3 is 2.65 bits per heavy atom. The summed E-state index contributed by atoms with van der Waals surface area (Å²) in [6.07, 6.45) is 0.591. The van der Waals surface area contributed by atoms with Crippen LogP contribution in [0.4, 0.5) is 19.0 Å². The SMILES string of the molecule is CCCN1CCC(Oc2ccc3cnnc(N[C@H](C)c4cccc(C(F)(F)F)c4C)c3c2)CC1. The van der Waals surface area contributed by atoms with Crippen molar-refractivity contribution in [2.45, 2.75) is 58.4 Å². The molecule has 2 aromatic carbocycles.